The van der Waals surface area contributed by atoms with Crippen LogP contribution in [0.1, 0.15) is 47.2 Å². The Morgan fingerprint density at radius 3 is 1.59 bits per heavy atom. The number of nitrogens with zero attached hydrogens (tertiary/aromatic N) is 2. The zero-order valence-corrected chi connectivity index (χ0v) is 30.4. The molecule has 2 nitrogen and oxygen atoms in total. The SMILES string of the molecule is CC1(C)c2ccccc2-c2ccc(N(c3ccccc3)c3cccc4c3C3(c5ccccc5-4)c4ccccc4N(c4ccccc4)c4ccccc43)cc21. The third kappa shape index (κ3) is 4.06. The Labute approximate surface area is 317 Å². The number of anilines is 6. The number of rotatable bonds is 4. The zero-order valence-electron chi connectivity index (χ0n) is 30.4. The number of hydrogen-bond donors (Lipinski definition) is 0. The van der Waals surface area contributed by atoms with Gasteiger partial charge in [0.1, 0.15) is 0 Å². The van der Waals surface area contributed by atoms with Gasteiger partial charge < -0.3 is 9.80 Å². The summed E-state index contributed by atoms with van der Waals surface area (Å²) in [6.45, 7) is 4.74. The maximum Gasteiger partial charge on any atom is 0.0774 e. The van der Waals surface area contributed by atoms with Gasteiger partial charge in [0, 0.05) is 28.0 Å². The Morgan fingerprint density at radius 1 is 0.389 bits per heavy atom. The first kappa shape index (κ1) is 30.9. The van der Waals surface area contributed by atoms with E-state index in [0.29, 0.717) is 0 Å². The summed E-state index contributed by atoms with van der Waals surface area (Å²) in [5.74, 6) is 0. The highest BCUT2D eigenvalue weighted by molar-refractivity contribution is 6.00. The van der Waals surface area contributed by atoms with Crippen LogP contribution >= 0.6 is 0 Å². The van der Waals surface area contributed by atoms with Gasteiger partial charge in [-0.25, -0.2) is 0 Å². The van der Waals surface area contributed by atoms with Gasteiger partial charge in [-0.15, -0.1) is 0 Å². The summed E-state index contributed by atoms with van der Waals surface area (Å²) >= 11 is 0. The summed E-state index contributed by atoms with van der Waals surface area (Å²) in [5, 5.41) is 0. The molecule has 54 heavy (non-hydrogen) atoms. The van der Waals surface area contributed by atoms with E-state index in [4.69, 9.17) is 0 Å². The lowest BCUT2D eigenvalue weighted by molar-refractivity contribution is 0.660. The Hall–Kier alpha value is -6.64. The lowest BCUT2D eigenvalue weighted by Crippen LogP contribution is -2.37. The average molecular weight is 691 g/mol. The van der Waals surface area contributed by atoms with Crippen molar-refractivity contribution in [3.05, 3.63) is 228 Å². The van der Waals surface area contributed by atoms with Crippen molar-refractivity contribution in [2.75, 3.05) is 9.80 Å². The largest absolute Gasteiger partial charge is 0.310 e. The second-order valence-corrected chi connectivity index (χ2v) is 15.3. The van der Waals surface area contributed by atoms with Crippen molar-refractivity contribution in [2.45, 2.75) is 24.7 Å². The first-order valence-corrected chi connectivity index (χ1v) is 19.0. The first-order valence-electron chi connectivity index (χ1n) is 19.0. The summed E-state index contributed by atoms with van der Waals surface area (Å²) in [4.78, 5) is 4.97. The molecule has 0 fully saturated rings. The van der Waals surface area contributed by atoms with Gasteiger partial charge in [-0.2, -0.15) is 0 Å². The molecule has 0 aromatic heterocycles. The second-order valence-electron chi connectivity index (χ2n) is 15.3. The molecule has 3 aliphatic rings. The summed E-state index contributed by atoms with van der Waals surface area (Å²) < 4.78 is 0. The molecule has 1 aliphatic heterocycles. The predicted molar refractivity (Wildman–Crippen MR) is 224 cm³/mol. The fraction of sp³-hybridized carbons (Fsp3) is 0.0769. The summed E-state index contributed by atoms with van der Waals surface area (Å²) in [7, 11) is 0. The van der Waals surface area contributed by atoms with Gasteiger partial charge in [-0.05, 0) is 105 Å². The molecule has 0 unspecified atom stereocenters. The van der Waals surface area contributed by atoms with Crippen LogP contribution in [0.25, 0.3) is 22.3 Å². The van der Waals surface area contributed by atoms with E-state index in [1.807, 2.05) is 0 Å². The van der Waals surface area contributed by atoms with E-state index < -0.39 is 5.41 Å². The van der Waals surface area contributed by atoms with Gasteiger partial charge >= 0.3 is 0 Å². The van der Waals surface area contributed by atoms with Crippen LogP contribution in [0.5, 0.6) is 0 Å². The van der Waals surface area contributed by atoms with Gasteiger partial charge in [0.2, 0.25) is 0 Å². The molecular weight excluding hydrogens is 653 g/mol. The van der Waals surface area contributed by atoms with Crippen molar-refractivity contribution in [3.63, 3.8) is 0 Å². The molecule has 8 aromatic rings. The smallest absolute Gasteiger partial charge is 0.0774 e. The molecule has 0 radical (unpaired) electrons. The molecule has 2 heteroatoms. The molecule has 1 heterocycles. The predicted octanol–water partition coefficient (Wildman–Crippen LogP) is 13.6. The van der Waals surface area contributed by atoms with Crippen molar-refractivity contribution in [1.82, 2.24) is 0 Å². The maximum atomic E-state index is 2.51. The lowest BCUT2D eigenvalue weighted by Gasteiger charge is -2.46. The number of para-hydroxylation sites is 4. The Kier molecular flexibility index (Phi) is 6.55. The molecule has 0 bridgehead atoms. The van der Waals surface area contributed by atoms with Crippen molar-refractivity contribution in [1.29, 1.82) is 0 Å². The zero-order chi connectivity index (χ0) is 36.0. The summed E-state index contributed by atoms with van der Waals surface area (Å²) in [6, 6.07) is 72.0. The van der Waals surface area contributed by atoms with Crippen LogP contribution in [0, 0.1) is 0 Å². The van der Waals surface area contributed by atoms with Crippen LogP contribution in [0.15, 0.2) is 194 Å². The molecule has 0 amide bonds. The van der Waals surface area contributed by atoms with E-state index in [-0.39, 0.29) is 5.41 Å². The lowest BCUT2D eigenvalue weighted by atomic mass is 9.64. The molecule has 2 aliphatic carbocycles. The highest BCUT2D eigenvalue weighted by Gasteiger charge is 2.53. The van der Waals surface area contributed by atoms with Crippen LogP contribution in [0.2, 0.25) is 0 Å². The van der Waals surface area contributed by atoms with Crippen molar-refractivity contribution in [3.8, 4) is 22.3 Å². The molecule has 0 saturated heterocycles. The van der Waals surface area contributed by atoms with E-state index >= 15 is 0 Å². The van der Waals surface area contributed by atoms with E-state index in [9.17, 15) is 0 Å². The molecule has 11 rings (SSSR count). The van der Waals surface area contributed by atoms with Crippen LogP contribution in [0.3, 0.4) is 0 Å². The van der Waals surface area contributed by atoms with Gasteiger partial charge in [0.25, 0.3) is 0 Å². The van der Waals surface area contributed by atoms with Crippen LogP contribution in [-0.2, 0) is 10.8 Å². The molecule has 256 valence electrons. The third-order valence-corrected chi connectivity index (χ3v) is 12.2. The monoisotopic (exact) mass is 690 g/mol. The first-order chi connectivity index (χ1) is 26.6. The molecule has 0 saturated carbocycles. The van der Waals surface area contributed by atoms with Crippen molar-refractivity contribution < 1.29 is 0 Å². The number of benzene rings is 8. The van der Waals surface area contributed by atoms with Crippen molar-refractivity contribution >= 4 is 34.1 Å². The minimum Gasteiger partial charge on any atom is -0.310 e. The summed E-state index contributed by atoms with van der Waals surface area (Å²) in [6.07, 6.45) is 0. The molecule has 0 atom stereocenters. The molecule has 1 spiro atoms. The van der Waals surface area contributed by atoms with Gasteiger partial charge in [-0.3, -0.25) is 0 Å². The Bertz CT molecular complexity index is 2710. The topological polar surface area (TPSA) is 6.48 Å². The van der Waals surface area contributed by atoms with E-state index in [0.717, 1.165) is 17.1 Å². The second kappa shape index (κ2) is 11.4. The molecular formula is C52H38N2. The Morgan fingerprint density at radius 2 is 0.907 bits per heavy atom. The molecule has 8 aromatic carbocycles. The highest BCUT2D eigenvalue weighted by Crippen LogP contribution is 2.66. The standard InChI is InChI=1S/C52H38N2/c1-51(2)42-25-11-9-22-38(42)40-33-32-37(34-46(40)51)53(35-18-5-3-6-19-35)49-31-17-24-41-39-23-10-12-26-43(39)52(50(41)49)44-27-13-15-29-47(44)54(36-20-7-4-8-21-36)48-30-16-14-28-45(48)52/h3-34H,1-2H3. The van der Waals surface area contributed by atoms with E-state index in [2.05, 4.69) is 218 Å². The van der Waals surface area contributed by atoms with Gasteiger partial charge in [0.15, 0.2) is 0 Å². The van der Waals surface area contributed by atoms with Crippen molar-refractivity contribution in [2.24, 2.45) is 0 Å². The Balaban J connectivity index is 1.24. The number of fused-ring (bicyclic) bond motifs is 12. The van der Waals surface area contributed by atoms with Gasteiger partial charge in [0.05, 0.1) is 22.5 Å². The summed E-state index contributed by atoms with van der Waals surface area (Å²) in [5.41, 5.74) is 19.5. The quantitative estimate of drug-likeness (QED) is 0.181. The minimum atomic E-state index is -0.583. The fourth-order valence-electron chi connectivity index (χ4n) is 10.0. The molecule has 0 N–H and O–H groups in total. The highest BCUT2D eigenvalue weighted by atomic mass is 15.2. The van der Waals surface area contributed by atoms with Crippen LogP contribution < -0.4 is 9.80 Å². The normalized spacial score (nSPS) is 14.7. The van der Waals surface area contributed by atoms with E-state index in [1.165, 1.54) is 72.7 Å². The van der Waals surface area contributed by atoms with E-state index in [1.54, 1.807) is 0 Å². The third-order valence-electron chi connectivity index (χ3n) is 12.2. The van der Waals surface area contributed by atoms with Gasteiger partial charge in [-0.1, -0.05) is 153 Å². The van der Waals surface area contributed by atoms with Crippen LogP contribution in [0.4, 0.5) is 34.1 Å². The maximum absolute atomic E-state index is 2.51. The average Bonchev–Trinajstić information content (AvgIpc) is 3.65. The van der Waals surface area contributed by atoms with Crippen LogP contribution in [-0.4, -0.2) is 0 Å². The fourth-order valence-corrected chi connectivity index (χ4v) is 10.0. The number of hydrogen-bond acceptors (Lipinski definition) is 2. The minimum absolute atomic E-state index is 0.122.